The van der Waals surface area contributed by atoms with Crippen molar-refractivity contribution in [2.45, 2.75) is 30.8 Å². The summed E-state index contributed by atoms with van der Waals surface area (Å²) in [6.07, 6.45) is -11.4. The van der Waals surface area contributed by atoms with E-state index in [2.05, 4.69) is 9.47 Å². The minimum absolute atomic E-state index is 0.683. The van der Waals surface area contributed by atoms with E-state index in [1.165, 1.54) is 0 Å². The second kappa shape index (κ2) is 4.53. The molecule has 4 atom stereocenters. The lowest BCUT2D eigenvalue weighted by Gasteiger charge is -2.18. The maximum absolute atomic E-state index is 11.9. The second-order valence-corrected chi connectivity index (χ2v) is 3.15. The van der Waals surface area contributed by atoms with E-state index in [9.17, 15) is 23.4 Å². The number of aliphatic hydroxyl groups is 3. The van der Waals surface area contributed by atoms with E-state index in [4.69, 9.17) is 10.5 Å². The predicted molar refractivity (Wildman–Crippen MR) is 42.6 cm³/mol. The van der Waals surface area contributed by atoms with Crippen LogP contribution in [0.2, 0.25) is 0 Å². The summed E-state index contributed by atoms with van der Waals surface area (Å²) in [5.74, 6) is -2.04. The molecule has 0 aromatic carbocycles. The molecule has 1 saturated heterocycles. The number of ether oxygens (including phenoxy) is 2. The normalized spacial score (nSPS) is 35.1. The van der Waals surface area contributed by atoms with Gasteiger partial charge in [0, 0.05) is 0 Å². The van der Waals surface area contributed by atoms with Crippen LogP contribution in [0.5, 0.6) is 0 Å². The Hall–Kier alpha value is -0.900. The average molecular weight is 245 g/mol. The number of hydrogen-bond donors (Lipinski definition) is 4. The lowest BCUT2D eigenvalue weighted by Crippen LogP contribution is -2.37. The lowest BCUT2D eigenvalue weighted by atomic mass is 10.1. The third-order valence-corrected chi connectivity index (χ3v) is 1.99. The van der Waals surface area contributed by atoms with Crippen molar-refractivity contribution in [1.29, 1.82) is 5.41 Å². The molecule has 0 radical (unpaired) electrons. The molecule has 16 heavy (non-hydrogen) atoms. The Kier molecular flexibility index (Phi) is 3.73. The van der Waals surface area contributed by atoms with Crippen LogP contribution >= 0.6 is 0 Å². The van der Waals surface area contributed by atoms with Gasteiger partial charge in [-0.05, 0) is 0 Å². The summed E-state index contributed by atoms with van der Waals surface area (Å²) in [5.41, 5.74) is 0. The minimum Gasteiger partial charge on any atom is -0.442 e. The van der Waals surface area contributed by atoms with Crippen LogP contribution in [0, 0.1) is 5.41 Å². The smallest absolute Gasteiger partial charge is 0.442 e. The van der Waals surface area contributed by atoms with Crippen LogP contribution in [0.1, 0.15) is 0 Å². The number of rotatable bonds is 2. The van der Waals surface area contributed by atoms with E-state index < -0.39 is 43.3 Å². The van der Waals surface area contributed by atoms with E-state index in [0.717, 1.165) is 0 Å². The third kappa shape index (κ3) is 2.61. The highest BCUT2D eigenvalue weighted by Gasteiger charge is 2.47. The fourth-order valence-electron chi connectivity index (χ4n) is 1.15. The molecule has 1 aliphatic rings. The van der Waals surface area contributed by atoms with Gasteiger partial charge in [0.05, 0.1) is 6.61 Å². The summed E-state index contributed by atoms with van der Waals surface area (Å²) in [4.78, 5) is 0. The highest BCUT2D eigenvalue weighted by Crippen LogP contribution is 2.25. The molecule has 0 saturated carbocycles. The Morgan fingerprint density at radius 1 is 1.31 bits per heavy atom. The number of nitrogens with one attached hydrogen (secondary N) is 1. The van der Waals surface area contributed by atoms with Gasteiger partial charge in [0.15, 0.2) is 0 Å². The summed E-state index contributed by atoms with van der Waals surface area (Å²) >= 11 is 0. The molecular formula is C7H10F3NO5. The van der Waals surface area contributed by atoms with Crippen molar-refractivity contribution in [3.63, 3.8) is 0 Å². The Morgan fingerprint density at radius 3 is 2.25 bits per heavy atom. The van der Waals surface area contributed by atoms with Gasteiger partial charge in [-0.1, -0.05) is 0 Å². The topological polar surface area (TPSA) is 103 Å². The first kappa shape index (κ1) is 13.2. The van der Waals surface area contributed by atoms with Crippen LogP contribution in [0.4, 0.5) is 13.2 Å². The van der Waals surface area contributed by atoms with Crippen molar-refractivity contribution in [3.05, 3.63) is 0 Å². The summed E-state index contributed by atoms with van der Waals surface area (Å²) in [6.45, 7) is -0.683. The number of hydrogen-bond acceptors (Lipinski definition) is 6. The Morgan fingerprint density at radius 2 is 1.88 bits per heavy atom. The van der Waals surface area contributed by atoms with Gasteiger partial charge in [0.1, 0.15) is 18.3 Å². The van der Waals surface area contributed by atoms with E-state index in [0.29, 0.717) is 0 Å². The molecule has 94 valence electrons. The van der Waals surface area contributed by atoms with Gasteiger partial charge in [0.25, 0.3) is 5.90 Å². The van der Waals surface area contributed by atoms with Crippen LogP contribution in [0.25, 0.3) is 0 Å². The SMILES string of the molecule is N=C(OC1O[C@H](CO)[C@@H](O)[C@H]1O)C(F)(F)F. The van der Waals surface area contributed by atoms with Gasteiger partial charge in [-0.3, -0.25) is 5.41 Å². The van der Waals surface area contributed by atoms with Crippen molar-refractivity contribution in [3.8, 4) is 0 Å². The summed E-state index contributed by atoms with van der Waals surface area (Å²) in [5, 5.41) is 33.5. The van der Waals surface area contributed by atoms with Crippen molar-refractivity contribution in [2.24, 2.45) is 0 Å². The summed E-state index contributed by atoms with van der Waals surface area (Å²) < 4.78 is 44.3. The van der Waals surface area contributed by atoms with E-state index >= 15 is 0 Å². The van der Waals surface area contributed by atoms with Crippen molar-refractivity contribution in [1.82, 2.24) is 0 Å². The van der Waals surface area contributed by atoms with E-state index in [-0.39, 0.29) is 0 Å². The number of aliphatic hydroxyl groups excluding tert-OH is 3. The molecule has 4 N–H and O–H groups in total. The molecule has 1 unspecified atom stereocenters. The largest absolute Gasteiger partial charge is 0.467 e. The second-order valence-electron chi connectivity index (χ2n) is 3.15. The van der Waals surface area contributed by atoms with Gasteiger partial charge < -0.3 is 24.8 Å². The van der Waals surface area contributed by atoms with Crippen LogP contribution in [0.15, 0.2) is 0 Å². The lowest BCUT2D eigenvalue weighted by molar-refractivity contribution is -0.152. The van der Waals surface area contributed by atoms with Crippen LogP contribution < -0.4 is 0 Å². The molecule has 1 aliphatic heterocycles. The molecular weight excluding hydrogens is 235 g/mol. The highest BCUT2D eigenvalue weighted by molar-refractivity contribution is 5.78. The quantitative estimate of drug-likeness (QED) is 0.368. The third-order valence-electron chi connectivity index (χ3n) is 1.99. The maximum Gasteiger partial charge on any atom is 0.467 e. The zero-order chi connectivity index (χ0) is 12.5. The predicted octanol–water partition coefficient (Wildman–Crippen LogP) is -1.02. The zero-order valence-corrected chi connectivity index (χ0v) is 7.81. The van der Waals surface area contributed by atoms with Crippen molar-refractivity contribution in [2.75, 3.05) is 6.61 Å². The molecule has 0 spiro atoms. The molecule has 1 rings (SSSR count). The van der Waals surface area contributed by atoms with Gasteiger partial charge in [0.2, 0.25) is 6.29 Å². The number of alkyl halides is 3. The molecule has 1 fully saturated rings. The Labute approximate surface area is 87.7 Å². The first-order chi connectivity index (χ1) is 7.27. The molecule has 0 aliphatic carbocycles. The van der Waals surface area contributed by atoms with E-state index in [1.807, 2.05) is 0 Å². The summed E-state index contributed by atoms with van der Waals surface area (Å²) in [6, 6.07) is 0. The van der Waals surface area contributed by atoms with Gasteiger partial charge in [-0.25, -0.2) is 0 Å². The standard InChI is InChI=1S/C7H10F3NO5/c8-7(9,10)6(11)16-5-4(14)3(13)2(1-12)15-5/h2-5,11-14H,1H2/t2-,3-,4-,5?/m1/s1. The fraction of sp³-hybridized carbons (Fsp3) is 0.857. The zero-order valence-electron chi connectivity index (χ0n) is 7.81. The molecule has 0 aromatic rings. The van der Waals surface area contributed by atoms with Gasteiger partial charge >= 0.3 is 6.18 Å². The van der Waals surface area contributed by atoms with Crippen molar-refractivity contribution < 1.29 is 38.0 Å². The first-order valence-corrected chi connectivity index (χ1v) is 4.22. The molecule has 9 heteroatoms. The Bertz CT molecular complexity index is 271. The molecule has 1 heterocycles. The van der Waals surface area contributed by atoms with Gasteiger partial charge in [-0.15, -0.1) is 0 Å². The van der Waals surface area contributed by atoms with Crippen LogP contribution in [-0.2, 0) is 9.47 Å². The minimum atomic E-state index is -4.99. The molecule has 0 aromatic heterocycles. The fourth-order valence-corrected chi connectivity index (χ4v) is 1.15. The Balaban J connectivity index is 2.60. The van der Waals surface area contributed by atoms with Crippen LogP contribution in [-0.4, -0.2) is 58.6 Å². The summed E-state index contributed by atoms with van der Waals surface area (Å²) in [7, 11) is 0. The molecule has 0 amide bonds. The average Bonchev–Trinajstić information content (AvgIpc) is 2.44. The highest BCUT2D eigenvalue weighted by atomic mass is 19.4. The number of halogens is 3. The maximum atomic E-state index is 11.9. The molecule has 6 nitrogen and oxygen atoms in total. The van der Waals surface area contributed by atoms with Crippen molar-refractivity contribution >= 4 is 5.90 Å². The monoisotopic (exact) mass is 245 g/mol. The first-order valence-electron chi connectivity index (χ1n) is 4.22. The molecule has 0 bridgehead atoms. The van der Waals surface area contributed by atoms with Gasteiger partial charge in [-0.2, -0.15) is 13.2 Å². The van der Waals surface area contributed by atoms with E-state index in [1.54, 1.807) is 0 Å². The van der Waals surface area contributed by atoms with Crippen LogP contribution in [0.3, 0.4) is 0 Å².